The molecule has 0 bridgehead atoms. The average Bonchev–Trinajstić information content (AvgIpc) is 2.94. The van der Waals surface area contributed by atoms with Gasteiger partial charge in [0.15, 0.2) is 5.75 Å². The lowest BCUT2D eigenvalue weighted by molar-refractivity contribution is -0.194. The first-order valence-electron chi connectivity index (χ1n) is 7.30. The van der Waals surface area contributed by atoms with E-state index in [1.807, 2.05) is 18.2 Å². The van der Waals surface area contributed by atoms with E-state index in [-0.39, 0.29) is 5.41 Å². The van der Waals surface area contributed by atoms with Crippen LogP contribution in [0, 0.1) is 0 Å². The van der Waals surface area contributed by atoms with Gasteiger partial charge in [-0.1, -0.05) is 54.0 Å². The van der Waals surface area contributed by atoms with Crippen LogP contribution in [0.4, 0.5) is 0 Å². The van der Waals surface area contributed by atoms with Crippen LogP contribution >= 0.6 is 15.9 Å². The molecule has 3 nitrogen and oxygen atoms in total. The fourth-order valence-corrected chi connectivity index (χ4v) is 2.91. The summed E-state index contributed by atoms with van der Waals surface area (Å²) in [4.78, 5) is 10.2. The number of rotatable bonds is 5. The van der Waals surface area contributed by atoms with Crippen molar-refractivity contribution in [3.63, 3.8) is 0 Å². The van der Waals surface area contributed by atoms with Crippen molar-refractivity contribution in [3.05, 3.63) is 63.6 Å². The van der Waals surface area contributed by atoms with Crippen LogP contribution in [0.25, 0.3) is 0 Å². The second-order valence-electron chi connectivity index (χ2n) is 6.17. The zero-order valence-electron chi connectivity index (χ0n) is 12.8. The van der Waals surface area contributed by atoms with E-state index in [9.17, 15) is 0 Å². The minimum Gasteiger partial charge on any atom is -0.376 e. The third-order valence-corrected chi connectivity index (χ3v) is 4.33. The van der Waals surface area contributed by atoms with Crippen LogP contribution < -0.4 is 4.89 Å². The number of fused-ring (bicyclic) bond motifs is 1. The van der Waals surface area contributed by atoms with Gasteiger partial charge in [0.2, 0.25) is 0 Å². The Balaban J connectivity index is 1.63. The van der Waals surface area contributed by atoms with Crippen LogP contribution in [0.5, 0.6) is 5.75 Å². The Labute approximate surface area is 139 Å². The summed E-state index contributed by atoms with van der Waals surface area (Å²) < 4.78 is 6.99. The first-order chi connectivity index (χ1) is 10.5. The molecule has 1 aliphatic rings. The molecule has 0 radical (unpaired) electrons. The maximum atomic E-state index is 5.92. The molecule has 4 heteroatoms. The van der Waals surface area contributed by atoms with Gasteiger partial charge in [-0.05, 0) is 29.3 Å². The zero-order chi connectivity index (χ0) is 15.6. The van der Waals surface area contributed by atoms with Gasteiger partial charge in [-0.3, -0.25) is 0 Å². The molecule has 0 N–H and O–H groups in total. The van der Waals surface area contributed by atoms with Gasteiger partial charge in [-0.2, -0.15) is 4.89 Å². The summed E-state index contributed by atoms with van der Waals surface area (Å²) in [5, 5.41) is 0. The smallest absolute Gasteiger partial charge is 0.171 e. The van der Waals surface area contributed by atoms with Crippen molar-refractivity contribution < 1.29 is 14.5 Å². The third kappa shape index (κ3) is 3.51. The molecule has 116 valence electrons. The quantitative estimate of drug-likeness (QED) is 0.717. The predicted molar refractivity (Wildman–Crippen MR) is 88.7 cm³/mol. The Morgan fingerprint density at radius 1 is 1.18 bits per heavy atom. The van der Waals surface area contributed by atoms with E-state index < -0.39 is 0 Å². The molecule has 0 unspecified atom stereocenters. The molecule has 1 aliphatic heterocycles. The van der Waals surface area contributed by atoms with Gasteiger partial charge in [0.25, 0.3) is 0 Å². The molecule has 2 aromatic rings. The molecular weight excluding hydrogens is 344 g/mol. The summed E-state index contributed by atoms with van der Waals surface area (Å²) in [6.07, 6.45) is 0. The summed E-state index contributed by atoms with van der Waals surface area (Å²) in [5.41, 5.74) is 3.35. The van der Waals surface area contributed by atoms with Crippen molar-refractivity contribution in [1.82, 2.24) is 0 Å². The highest BCUT2D eigenvalue weighted by molar-refractivity contribution is 9.10. The second kappa shape index (κ2) is 6.41. The SMILES string of the molecule is CC(C)(COCc1cccc(Br)c1)c1ccc2c(c1)OOC2. The minimum atomic E-state index is -0.0903. The number of benzene rings is 2. The Morgan fingerprint density at radius 2 is 2.05 bits per heavy atom. The number of ether oxygens (including phenoxy) is 1. The van der Waals surface area contributed by atoms with Crippen molar-refractivity contribution in [3.8, 4) is 5.75 Å². The zero-order valence-corrected chi connectivity index (χ0v) is 14.4. The largest absolute Gasteiger partial charge is 0.376 e. The normalized spacial score (nSPS) is 13.8. The summed E-state index contributed by atoms with van der Waals surface area (Å²) in [7, 11) is 0. The lowest BCUT2D eigenvalue weighted by atomic mass is 9.85. The van der Waals surface area contributed by atoms with E-state index in [2.05, 4.69) is 54.0 Å². The molecule has 0 saturated heterocycles. The Hall–Kier alpha value is -1.36. The van der Waals surface area contributed by atoms with Crippen molar-refractivity contribution in [2.75, 3.05) is 6.61 Å². The molecular formula is C18H19BrO3. The molecule has 0 saturated carbocycles. The molecule has 0 aromatic heterocycles. The van der Waals surface area contributed by atoms with Crippen molar-refractivity contribution >= 4 is 15.9 Å². The highest BCUT2D eigenvalue weighted by Gasteiger charge is 2.24. The average molecular weight is 363 g/mol. The van der Waals surface area contributed by atoms with Gasteiger partial charge in [0.05, 0.1) is 13.2 Å². The van der Waals surface area contributed by atoms with Crippen molar-refractivity contribution in [2.24, 2.45) is 0 Å². The maximum absolute atomic E-state index is 5.92. The van der Waals surface area contributed by atoms with Gasteiger partial charge < -0.3 is 9.62 Å². The molecule has 0 amide bonds. The second-order valence-corrected chi connectivity index (χ2v) is 7.09. The van der Waals surface area contributed by atoms with Crippen LogP contribution in [0.3, 0.4) is 0 Å². The Kier molecular flexibility index (Phi) is 4.52. The summed E-state index contributed by atoms with van der Waals surface area (Å²) >= 11 is 3.48. The third-order valence-electron chi connectivity index (χ3n) is 3.83. The van der Waals surface area contributed by atoms with Gasteiger partial charge >= 0.3 is 0 Å². The van der Waals surface area contributed by atoms with Crippen LogP contribution in [0.2, 0.25) is 0 Å². The standard InChI is InChI=1S/C18H19BrO3/c1-18(2,12-20-10-13-4-3-5-16(19)8-13)15-7-6-14-11-21-22-17(14)9-15/h3-9H,10-12H2,1-2H3. The first kappa shape index (κ1) is 15.5. The molecule has 0 fully saturated rings. The molecule has 0 spiro atoms. The Morgan fingerprint density at radius 3 is 2.86 bits per heavy atom. The number of halogens is 1. The summed E-state index contributed by atoms with van der Waals surface area (Å²) in [6.45, 7) is 6.11. The van der Waals surface area contributed by atoms with Crippen LogP contribution in [0.15, 0.2) is 46.9 Å². The van der Waals surface area contributed by atoms with Gasteiger partial charge in [0, 0.05) is 15.5 Å². The molecule has 2 aromatic carbocycles. The van der Waals surface area contributed by atoms with Gasteiger partial charge in [-0.15, -0.1) is 0 Å². The van der Waals surface area contributed by atoms with Gasteiger partial charge in [-0.25, -0.2) is 0 Å². The van der Waals surface area contributed by atoms with E-state index in [1.165, 1.54) is 5.56 Å². The molecule has 0 atom stereocenters. The van der Waals surface area contributed by atoms with E-state index in [0.717, 1.165) is 21.3 Å². The number of hydrogen-bond acceptors (Lipinski definition) is 3. The summed E-state index contributed by atoms with van der Waals surface area (Å²) in [5.74, 6) is 0.817. The lowest BCUT2D eigenvalue weighted by Crippen LogP contribution is -2.24. The number of hydrogen-bond donors (Lipinski definition) is 0. The molecule has 1 heterocycles. The highest BCUT2D eigenvalue weighted by atomic mass is 79.9. The lowest BCUT2D eigenvalue weighted by Gasteiger charge is -2.25. The van der Waals surface area contributed by atoms with Gasteiger partial charge in [0.1, 0.15) is 6.61 Å². The van der Waals surface area contributed by atoms with Crippen LogP contribution in [-0.2, 0) is 28.3 Å². The van der Waals surface area contributed by atoms with E-state index in [4.69, 9.17) is 14.5 Å². The topological polar surface area (TPSA) is 27.7 Å². The molecule has 0 aliphatic carbocycles. The van der Waals surface area contributed by atoms with Crippen LogP contribution in [-0.4, -0.2) is 6.61 Å². The van der Waals surface area contributed by atoms with Crippen molar-refractivity contribution in [2.45, 2.75) is 32.5 Å². The molecule has 22 heavy (non-hydrogen) atoms. The monoisotopic (exact) mass is 362 g/mol. The van der Waals surface area contributed by atoms with Crippen LogP contribution in [0.1, 0.15) is 30.5 Å². The Bertz CT molecular complexity index is 667. The fourth-order valence-electron chi connectivity index (χ4n) is 2.46. The minimum absolute atomic E-state index is 0.0903. The predicted octanol–water partition coefficient (Wildman–Crippen LogP) is 4.77. The maximum Gasteiger partial charge on any atom is 0.171 e. The summed E-state index contributed by atoms with van der Waals surface area (Å²) in [6, 6.07) is 14.4. The highest BCUT2D eigenvalue weighted by Crippen LogP contribution is 2.32. The first-order valence-corrected chi connectivity index (χ1v) is 8.09. The fraction of sp³-hybridized carbons (Fsp3) is 0.333. The van der Waals surface area contributed by atoms with Crippen molar-refractivity contribution in [1.29, 1.82) is 0 Å². The van der Waals surface area contributed by atoms with E-state index in [0.29, 0.717) is 19.8 Å². The van der Waals surface area contributed by atoms with E-state index >= 15 is 0 Å². The van der Waals surface area contributed by atoms with E-state index in [1.54, 1.807) is 0 Å². The molecule has 3 rings (SSSR count).